The van der Waals surface area contributed by atoms with Crippen molar-refractivity contribution in [1.82, 2.24) is 0 Å². The van der Waals surface area contributed by atoms with Gasteiger partial charge in [-0.05, 0) is 19.3 Å². The first-order valence-corrected chi connectivity index (χ1v) is 8.78. The first kappa shape index (κ1) is 17.7. The molecular weight excluding hydrogens is 248 g/mol. The summed E-state index contributed by atoms with van der Waals surface area (Å²) in [6, 6.07) is 0. The van der Waals surface area contributed by atoms with Crippen molar-refractivity contribution in [2.24, 2.45) is 0 Å². The summed E-state index contributed by atoms with van der Waals surface area (Å²) < 4.78 is 10.6. The number of allylic oxidation sites excluding steroid dienone is 1. The lowest BCUT2D eigenvalue weighted by atomic mass is 10.1. The third kappa shape index (κ3) is 12.7. The summed E-state index contributed by atoms with van der Waals surface area (Å²) in [5, 5.41) is 0. The molecule has 1 saturated heterocycles. The van der Waals surface area contributed by atoms with Gasteiger partial charge in [-0.15, -0.1) is 0 Å². The van der Waals surface area contributed by atoms with Crippen LogP contribution in [0.4, 0.5) is 0 Å². The minimum Gasteiger partial charge on any atom is -0.378 e. The van der Waals surface area contributed by atoms with Gasteiger partial charge in [0.1, 0.15) is 6.10 Å². The van der Waals surface area contributed by atoms with E-state index in [0.717, 1.165) is 26.2 Å². The second-order valence-corrected chi connectivity index (χ2v) is 5.91. The lowest BCUT2D eigenvalue weighted by molar-refractivity contribution is 0.120. The molecule has 2 heteroatoms. The van der Waals surface area contributed by atoms with E-state index in [-0.39, 0.29) is 0 Å². The molecule has 0 N–H and O–H groups in total. The SMILES string of the molecule is CCCCCCCCCCCC=CCCOCC1CO1. The first-order valence-electron chi connectivity index (χ1n) is 8.78. The normalized spacial score (nSPS) is 17.9. The number of rotatable bonds is 15. The quantitative estimate of drug-likeness (QED) is 0.232. The Morgan fingerprint density at radius 1 is 0.900 bits per heavy atom. The zero-order valence-corrected chi connectivity index (χ0v) is 13.4. The molecule has 0 aromatic rings. The van der Waals surface area contributed by atoms with Crippen molar-refractivity contribution in [3.05, 3.63) is 12.2 Å². The Kier molecular flexibility index (Phi) is 12.1. The molecule has 1 unspecified atom stereocenters. The van der Waals surface area contributed by atoms with Crippen molar-refractivity contribution >= 4 is 0 Å². The van der Waals surface area contributed by atoms with Crippen LogP contribution in [0.25, 0.3) is 0 Å². The maximum atomic E-state index is 5.48. The van der Waals surface area contributed by atoms with Gasteiger partial charge in [0, 0.05) is 0 Å². The van der Waals surface area contributed by atoms with Gasteiger partial charge in [-0.2, -0.15) is 0 Å². The monoisotopic (exact) mass is 282 g/mol. The van der Waals surface area contributed by atoms with Crippen molar-refractivity contribution in [2.75, 3.05) is 19.8 Å². The zero-order valence-electron chi connectivity index (χ0n) is 13.4. The van der Waals surface area contributed by atoms with Gasteiger partial charge >= 0.3 is 0 Å². The topological polar surface area (TPSA) is 21.8 Å². The number of ether oxygens (including phenoxy) is 2. The molecular formula is C18H34O2. The van der Waals surface area contributed by atoms with Crippen LogP contribution in [0, 0.1) is 0 Å². The minimum atomic E-state index is 0.404. The van der Waals surface area contributed by atoms with Crippen molar-refractivity contribution in [1.29, 1.82) is 0 Å². The van der Waals surface area contributed by atoms with Crippen LogP contribution in [-0.2, 0) is 9.47 Å². The predicted molar refractivity (Wildman–Crippen MR) is 86.2 cm³/mol. The summed E-state index contributed by atoms with van der Waals surface area (Å²) in [5.41, 5.74) is 0. The zero-order chi connectivity index (χ0) is 14.3. The maximum absolute atomic E-state index is 5.48. The van der Waals surface area contributed by atoms with E-state index in [1.54, 1.807) is 0 Å². The Balaban J connectivity index is 1.66. The summed E-state index contributed by atoms with van der Waals surface area (Å²) in [6.07, 6.45) is 20.0. The number of unbranched alkanes of at least 4 members (excludes halogenated alkanes) is 9. The number of hydrogen-bond donors (Lipinski definition) is 0. The van der Waals surface area contributed by atoms with E-state index in [9.17, 15) is 0 Å². The van der Waals surface area contributed by atoms with Gasteiger partial charge in [-0.25, -0.2) is 0 Å². The van der Waals surface area contributed by atoms with Crippen molar-refractivity contribution in [2.45, 2.75) is 83.7 Å². The van der Waals surface area contributed by atoms with E-state index >= 15 is 0 Å². The molecule has 0 amide bonds. The molecule has 0 aliphatic carbocycles. The average Bonchev–Trinajstić information content (AvgIpc) is 3.27. The van der Waals surface area contributed by atoms with E-state index in [4.69, 9.17) is 9.47 Å². The fraction of sp³-hybridized carbons (Fsp3) is 0.889. The van der Waals surface area contributed by atoms with Crippen LogP contribution in [0.15, 0.2) is 12.2 Å². The maximum Gasteiger partial charge on any atom is 0.104 e. The average molecular weight is 282 g/mol. The van der Waals surface area contributed by atoms with Gasteiger partial charge in [0.05, 0.1) is 19.8 Å². The van der Waals surface area contributed by atoms with Crippen LogP contribution in [0.2, 0.25) is 0 Å². The second kappa shape index (κ2) is 13.6. The van der Waals surface area contributed by atoms with Crippen LogP contribution in [0.5, 0.6) is 0 Å². The van der Waals surface area contributed by atoms with E-state index in [2.05, 4.69) is 19.1 Å². The van der Waals surface area contributed by atoms with Crippen molar-refractivity contribution in [3.8, 4) is 0 Å². The van der Waals surface area contributed by atoms with Crippen LogP contribution < -0.4 is 0 Å². The van der Waals surface area contributed by atoms with Gasteiger partial charge in [0.2, 0.25) is 0 Å². The van der Waals surface area contributed by atoms with Crippen molar-refractivity contribution < 1.29 is 9.47 Å². The summed E-state index contributed by atoms with van der Waals surface area (Å²) >= 11 is 0. The Bertz CT molecular complexity index is 221. The highest BCUT2D eigenvalue weighted by atomic mass is 16.6. The Hall–Kier alpha value is -0.340. The fourth-order valence-electron chi connectivity index (χ4n) is 2.34. The van der Waals surface area contributed by atoms with E-state index in [0.29, 0.717) is 6.10 Å². The molecule has 118 valence electrons. The standard InChI is InChI=1S/C18H34O2/c1-2-3-4-5-6-7-8-9-10-11-12-13-14-15-19-16-18-17-20-18/h12-13,18H,2-11,14-17H2,1H3. The van der Waals surface area contributed by atoms with E-state index in [1.165, 1.54) is 64.2 Å². The van der Waals surface area contributed by atoms with Gasteiger partial charge in [-0.3, -0.25) is 0 Å². The highest BCUT2D eigenvalue weighted by Crippen LogP contribution is 2.11. The molecule has 2 nitrogen and oxygen atoms in total. The summed E-state index contributed by atoms with van der Waals surface area (Å²) in [5.74, 6) is 0. The van der Waals surface area contributed by atoms with Gasteiger partial charge in [0.15, 0.2) is 0 Å². The number of hydrogen-bond acceptors (Lipinski definition) is 2. The van der Waals surface area contributed by atoms with Crippen LogP contribution in [-0.4, -0.2) is 25.9 Å². The summed E-state index contributed by atoms with van der Waals surface area (Å²) in [6.45, 7) is 4.80. The van der Waals surface area contributed by atoms with Crippen molar-refractivity contribution in [3.63, 3.8) is 0 Å². The van der Waals surface area contributed by atoms with Gasteiger partial charge < -0.3 is 9.47 Å². The lowest BCUT2D eigenvalue weighted by Crippen LogP contribution is -2.01. The van der Waals surface area contributed by atoms with E-state index < -0.39 is 0 Å². The van der Waals surface area contributed by atoms with Gasteiger partial charge in [0.25, 0.3) is 0 Å². The summed E-state index contributed by atoms with van der Waals surface area (Å²) in [7, 11) is 0. The molecule has 1 atom stereocenters. The molecule has 1 aliphatic rings. The largest absolute Gasteiger partial charge is 0.378 e. The predicted octanol–water partition coefficient (Wildman–Crippen LogP) is 5.27. The lowest BCUT2D eigenvalue weighted by Gasteiger charge is -2.00. The number of epoxide rings is 1. The van der Waals surface area contributed by atoms with Crippen LogP contribution in [0.3, 0.4) is 0 Å². The third-order valence-corrected chi connectivity index (χ3v) is 3.78. The molecule has 1 fully saturated rings. The highest BCUT2D eigenvalue weighted by Gasteiger charge is 2.21. The Morgan fingerprint density at radius 3 is 2.15 bits per heavy atom. The first-order chi connectivity index (χ1) is 9.93. The molecule has 1 aliphatic heterocycles. The molecule has 0 radical (unpaired) electrons. The molecule has 1 rings (SSSR count). The minimum absolute atomic E-state index is 0.404. The molecule has 0 aromatic carbocycles. The molecule has 0 bridgehead atoms. The van der Waals surface area contributed by atoms with Crippen LogP contribution >= 0.6 is 0 Å². The Morgan fingerprint density at radius 2 is 1.50 bits per heavy atom. The smallest absolute Gasteiger partial charge is 0.104 e. The fourth-order valence-corrected chi connectivity index (χ4v) is 2.34. The summed E-state index contributed by atoms with van der Waals surface area (Å²) in [4.78, 5) is 0. The van der Waals surface area contributed by atoms with Gasteiger partial charge in [-0.1, -0.05) is 70.4 Å². The highest BCUT2D eigenvalue weighted by molar-refractivity contribution is 4.81. The Labute approximate surface area is 125 Å². The molecule has 0 saturated carbocycles. The molecule has 20 heavy (non-hydrogen) atoms. The van der Waals surface area contributed by atoms with E-state index in [1.807, 2.05) is 0 Å². The molecule has 0 spiro atoms. The molecule has 0 aromatic heterocycles. The third-order valence-electron chi connectivity index (χ3n) is 3.78. The second-order valence-electron chi connectivity index (χ2n) is 5.91. The molecule has 1 heterocycles. The van der Waals surface area contributed by atoms with Crippen LogP contribution in [0.1, 0.15) is 77.6 Å².